The number of piperidine rings is 1. The Balaban J connectivity index is 0.00000164. The van der Waals surface area contributed by atoms with Crippen LogP contribution in [0.3, 0.4) is 0 Å². The smallest absolute Gasteiger partial charge is 0.282 e. The van der Waals surface area contributed by atoms with E-state index in [4.69, 9.17) is 11.6 Å². The molecule has 1 saturated heterocycles. The molecule has 0 aliphatic carbocycles. The maximum Gasteiger partial charge on any atom is 0.282 e. The normalized spacial score (nSPS) is 17.6. The van der Waals surface area contributed by atoms with Crippen LogP contribution in [0.15, 0.2) is 41.2 Å². The van der Waals surface area contributed by atoms with Crippen molar-refractivity contribution in [2.24, 2.45) is 5.92 Å². The number of nitrogens with zero attached hydrogens (tertiary/aromatic N) is 3. The number of nitrogens with one attached hydrogen (secondary N) is 1. The SMILES string of the molecule is CC.CCN1CCC(CCC(CCNC)c2cccc3c2C(C)(C)c2nc(=O)c4c(Cl)cccc4n2-3)CC1. The van der Waals surface area contributed by atoms with E-state index in [1.165, 1.54) is 56.4 Å². The number of aromatic nitrogens is 2. The molecule has 5 nitrogen and oxygen atoms in total. The molecular weight excluding hydrogens is 492 g/mol. The highest BCUT2D eigenvalue weighted by Gasteiger charge is 2.41. The zero-order valence-electron chi connectivity index (χ0n) is 24.1. The second-order valence-electron chi connectivity index (χ2n) is 11.1. The van der Waals surface area contributed by atoms with Crippen LogP contribution in [0.1, 0.15) is 89.6 Å². The summed E-state index contributed by atoms with van der Waals surface area (Å²) in [4.78, 5) is 20.2. The molecule has 2 aliphatic heterocycles. The molecule has 2 aliphatic rings. The first-order valence-electron chi connectivity index (χ1n) is 14.6. The van der Waals surface area contributed by atoms with Crippen LogP contribution in [-0.2, 0) is 5.41 Å². The van der Waals surface area contributed by atoms with E-state index in [1.807, 2.05) is 33.0 Å². The number of likely N-dealkylation sites (tertiary alicyclic amines) is 1. The second-order valence-corrected chi connectivity index (χ2v) is 11.5. The highest BCUT2D eigenvalue weighted by Crippen LogP contribution is 2.47. The predicted octanol–water partition coefficient (Wildman–Crippen LogP) is 6.91. The van der Waals surface area contributed by atoms with Gasteiger partial charge < -0.3 is 10.2 Å². The van der Waals surface area contributed by atoms with Crippen LogP contribution in [0.5, 0.6) is 0 Å². The number of benzene rings is 2. The Hall–Kier alpha value is -2.21. The molecule has 0 spiro atoms. The van der Waals surface area contributed by atoms with Crippen LogP contribution in [0, 0.1) is 5.92 Å². The number of fused-ring (bicyclic) bond motifs is 5. The number of halogens is 1. The van der Waals surface area contributed by atoms with Gasteiger partial charge in [0.1, 0.15) is 5.82 Å². The molecule has 1 aromatic heterocycles. The van der Waals surface area contributed by atoms with Gasteiger partial charge in [0.05, 0.1) is 27.0 Å². The fourth-order valence-corrected chi connectivity index (χ4v) is 6.82. The van der Waals surface area contributed by atoms with E-state index in [-0.39, 0.29) is 11.0 Å². The molecule has 38 heavy (non-hydrogen) atoms. The average molecular weight is 537 g/mol. The first-order valence-corrected chi connectivity index (χ1v) is 15.0. The standard InChI is InChI=1S/C30H39ClN4O.C2H6/c1-5-34-18-15-20(16-19-34)12-13-21(14-17-32-4)22-8-6-11-25-27(22)30(2,3)29-33-28(36)26-23(31)9-7-10-24(26)35(25)29;1-2/h6-11,20-21,32H,5,12-19H2,1-4H3;1-2H3. The fraction of sp³-hybridized carbons (Fsp3) is 0.562. The van der Waals surface area contributed by atoms with Gasteiger partial charge in [-0.15, -0.1) is 0 Å². The van der Waals surface area contributed by atoms with Gasteiger partial charge in [-0.05, 0) is 120 Å². The maximum absolute atomic E-state index is 13.1. The monoisotopic (exact) mass is 536 g/mol. The van der Waals surface area contributed by atoms with Gasteiger partial charge in [-0.2, -0.15) is 4.98 Å². The van der Waals surface area contributed by atoms with Crippen molar-refractivity contribution in [1.82, 2.24) is 19.8 Å². The van der Waals surface area contributed by atoms with Gasteiger partial charge >= 0.3 is 0 Å². The molecule has 0 radical (unpaired) electrons. The molecule has 0 amide bonds. The van der Waals surface area contributed by atoms with Gasteiger partial charge in [-0.1, -0.05) is 50.6 Å². The van der Waals surface area contributed by atoms with Gasteiger partial charge in [0.25, 0.3) is 5.56 Å². The van der Waals surface area contributed by atoms with Crippen molar-refractivity contribution in [2.45, 2.75) is 78.1 Å². The third-order valence-electron chi connectivity index (χ3n) is 8.63. The third-order valence-corrected chi connectivity index (χ3v) is 8.94. The van der Waals surface area contributed by atoms with Crippen molar-refractivity contribution < 1.29 is 0 Å². The molecule has 0 saturated carbocycles. The van der Waals surface area contributed by atoms with Gasteiger partial charge in [0.15, 0.2) is 0 Å². The summed E-state index contributed by atoms with van der Waals surface area (Å²) in [5.74, 6) is 2.09. The molecule has 3 heterocycles. The summed E-state index contributed by atoms with van der Waals surface area (Å²) in [6.07, 6.45) is 6.20. The minimum absolute atomic E-state index is 0.241. The van der Waals surface area contributed by atoms with Crippen LogP contribution in [-0.4, -0.2) is 47.7 Å². The quantitative estimate of drug-likeness (QED) is 0.340. The van der Waals surface area contributed by atoms with E-state index >= 15 is 0 Å². The Bertz CT molecular complexity index is 1310. The van der Waals surface area contributed by atoms with E-state index in [9.17, 15) is 4.79 Å². The van der Waals surface area contributed by atoms with Crippen molar-refractivity contribution >= 4 is 22.5 Å². The topological polar surface area (TPSA) is 50.2 Å². The third kappa shape index (κ3) is 5.30. The summed E-state index contributed by atoms with van der Waals surface area (Å²) in [5.41, 5.74) is 4.09. The lowest BCUT2D eigenvalue weighted by molar-refractivity contribution is 0.183. The van der Waals surface area contributed by atoms with Crippen molar-refractivity contribution in [2.75, 3.05) is 33.2 Å². The van der Waals surface area contributed by atoms with Gasteiger partial charge in [0.2, 0.25) is 0 Å². The van der Waals surface area contributed by atoms with Crippen LogP contribution in [0.2, 0.25) is 5.02 Å². The van der Waals surface area contributed by atoms with Crippen molar-refractivity contribution in [1.29, 1.82) is 0 Å². The average Bonchev–Trinajstić information content (AvgIpc) is 3.17. The van der Waals surface area contributed by atoms with E-state index < -0.39 is 0 Å². The minimum atomic E-state index is -0.369. The molecule has 3 aromatic rings. The summed E-state index contributed by atoms with van der Waals surface area (Å²) in [7, 11) is 2.04. The zero-order chi connectivity index (χ0) is 27.4. The summed E-state index contributed by atoms with van der Waals surface area (Å²) < 4.78 is 2.18. The fourth-order valence-electron chi connectivity index (χ4n) is 6.57. The molecule has 1 N–H and O–H groups in total. The predicted molar refractivity (Wildman–Crippen MR) is 161 cm³/mol. The number of rotatable bonds is 8. The van der Waals surface area contributed by atoms with Crippen molar-refractivity contribution in [3.63, 3.8) is 0 Å². The lowest BCUT2D eigenvalue weighted by atomic mass is 9.76. The summed E-state index contributed by atoms with van der Waals surface area (Å²) in [6.45, 7) is 15.3. The van der Waals surface area contributed by atoms with Crippen LogP contribution in [0.25, 0.3) is 16.6 Å². The first kappa shape index (κ1) is 28.8. The lowest BCUT2D eigenvalue weighted by Crippen LogP contribution is -2.33. The molecule has 5 rings (SSSR count). The van der Waals surface area contributed by atoms with E-state index in [1.54, 1.807) is 6.07 Å². The molecule has 1 atom stereocenters. The van der Waals surface area contributed by atoms with E-state index in [0.29, 0.717) is 16.3 Å². The first-order chi connectivity index (χ1) is 18.4. The van der Waals surface area contributed by atoms with Crippen molar-refractivity contribution in [3.05, 3.63) is 68.7 Å². The molecule has 2 aromatic carbocycles. The summed E-state index contributed by atoms with van der Waals surface area (Å²) in [6, 6.07) is 12.4. The van der Waals surface area contributed by atoms with Crippen LogP contribution in [0.4, 0.5) is 0 Å². The van der Waals surface area contributed by atoms with Gasteiger partial charge in [-0.25, -0.2) is 0 Å². The largest absolute Gasteiger partial charge is 0.320 e. The highest BCUT2D eigenvalue weighted by atomic mass is 35.5. The van der Waals surface area contributed by atoms with Gasteiger partial charge in [-0.3, -0.25) is 9.36 Å². The Labute approximate surface area is 233 Å². The molecule has 6 heteroatoms. The summed E-state index contributed by atoms with van der Waals surface area (Å²) >= 11 is 6.47. The number of hydrogen-bond acceptors (Lipinski definition) is 4. The minimum Gasteiger partial charge on any atom is -0.320 e. The Kier molecular flexibility index (Phi) is 9.33. The molecule has 0 bridgehead atoms. The van der Waals surface area contributed by atoms with E-state index in [0.717, 1.165) is 35.9 Å². The van der Waals surface area contributed by atoms with Crippen LogP contribution >= 0.6 is 11.6 Å². The second kappa shape index (κ2) is 12.3. The molecule has 206 valence electrons. The summed E-state index contributed by atoms with van der Waals surface area (Å²) in [5, 5.41) is 4.35. The maximum atomic E-state index is 13.1. The lowest BCUT2D eigenvalue weighted by Gasteiger charge is -2.32. The molecular formula is C32H45ClN4O. The van der Waals surface area contributed by atoms with E-state index in [2.05, 4.69) is 58.7 Å². The Morgan fingerprint density at radius 2 is 1.82 bits per heavy atom. The number of hydrogen-bond donors (Lipinski definition) is 1. The van der Waals surface area contributed by atoms with Gasteiger partial charge in [0, 0.05) is 0 Å². The highest BCUT2D eigenvalue weighted by molar-refractivity contribution is 6.35. The Morgan fingerprint density at radius 1 is 1.11 bits per heavy atom. The molecule has 1 unspecified atom stereocenters. The molecule has 1 fully saturated rings. The van der Waals surface area contributed by atoms with Crippen LogP contribution < -0.4 is 10.9 Å². The van der Waals surface area contributed by atoms with Crippen molar-refractivity contribution in [3.8, 4) is 5.69 Å². The Morgan fingerprint density at radius 3 is 2.50 bits per heavy atom. The zero-order valence-corrected chi connectivity index (χ0v) is 24.9.